The van der Waals surface area contributed by atoms with Gasteiger partial charge in [0.15, 0.2) is 0 Å². The molecule has 0 amide bonds. The Bertz CT molecular complexity index is 1850. The van der Waals surface area contributed by atoms with Gasteiger partial charge in [0.05, 0.1) is 0 Å². The van der Waals surface area contributed by atoms with Crippen LogP contribution in [-0.4, -0.2) is 0 Å². The van der Waals surface area contributed by atoms with Gasteiger partial charge < -0.3 is 5.32 Å². The van der Waals surface area contributed by atoms with Gasteiger partial charge in [0.2, 0.25) is 0 Å². The molecule has 0 radical (unpaired) electrons. The highest BCUT2D eigenvalue weighted by Crippen LogP contribution is 2.37. The zero-order valence-corrected chi connectivity index (χ0v) is 32.9. The molecule has 2 aliphatic carbocycles. The molecule has 0 aromatic heterocycles. The number of nitrogens with one attached hydrogen (secondary N) is 1. The van der Waals surface area contributed by atoms with E-state index < -0.39 is 0 Å². The maximum absolute atomic E-state index is 4.54. The van der Waals surface area contributed by atoms with Crippen LogP contribution in [0.5, 0.6) is 0 Å². The Kier molecular flexibility index (Phi) is 16.9. The molecule has 0 fully saturated rings. The normalized spacial score (nSPS) is 20.8. The van der Waals surface area contributed by atoms with E-state index in [-0.39, 0.29) is 11.8 Å². The van der Waals surface area contributed by atoms with Gasteiger partial charge in [0, 0.05) is 11.6 Å². The van der Waals surface area contributed by atoms with Gasteiger partial charge in [-0.25, -0.2) is 0 Å². The fourth-order valence-electron chi connectivity index (χ4n) is 6.26. The van der Waals surface area contributed by atoms with Crippen molar-refractivity contribution in [1.82, 2.24) is 5.32 Å². The average molecular weight is 688 g/mol. The Morgan fingerprint density at radius 3 is 2.23 bits per heavy atom. The lowest BCUT2D eigenvalue weighted by atomic mass is 9.80. The molecule has 2 atom stereocenters. The molecule has 1 aromatic rings. The molecule has 0 saturated heterocycles. The minimum absolute atomic E-state index is 0.161. The third kappa shape index (κ3) is 12.6. The minimum atomic E-state index is 0.161. The summed E-state index contributed by atoms with van der Waals surface area (Å²) in [5.41, 5.74) is 15.9. The number of hydrogen-bond acceptors (Lipinski definition) is 1. The molecule has 1 N–H and O–H groups in total. The van der Waals surface area contributed by atoms with E-state index in [2.05, 4.69) is 195 Å². The predicted molar refractivity (Wildman–Crippen MR) is 232 cm³/mol. The topological polar surface area (TPSA) is 12.0 Å². The second-order valence-electron chi connectivity index (χ2n) is 14.1. The molecule has 0 heterocycles. The highest BCUT2D eigenvalue weighted by molar-refractivity contribution is 5.77. The fraction of sp³-hybridized carbons (Fsp3) is 0.255. The van der Waals surface area contributed by atoms with Crippen LogP contribution >= 0.6 is 0 Å². The lowest BCUT2D eigenvalue weighted by molar-refractivity contribution is 0.740. The highest BCUT2D eigenvalue weighted by atomic mass is 14.8. The molecule has 1 nitrogen and oxygen atoms in total. The molecular weight excluding hydrogens is 627 g/mol. The van der Waals surface area contributed by atoms with Crippen LogP contribution in [0.25, 0.3) is 5.57 Å². The third-order valence-corrected chi connectivity index (χ3v) is 9.71. The third-order valence-electron chi connectivity index (χ3n) is 9.71. The van der Waals surface area contributed by atoms with Crippen LogP contribution in [0.15, 0.2) is 215 Å². The number of hydrogen-bond donors (Lipinski definition) is 1. The van der Waals surface area contributed by atoms with Crippen LogP contribution in [0, 0.1) is 11.8 Å². The molecule has 0 aliphatic heterocycles. The second-order valence-corrected chi connectivity index (χ2v) is 14.1. The summed E-state index contributed by atoms with van der Waals surface area (Å²) >= 11 is 0. The van der Waals surface area contributed by atoms with E-state index in [4.69, 9.17) is 0 Å². The lowest BCUT2D eigenvalue weighted by Gasteiger charge is -2.24. The van der Waals surface area contributed by atoms with Crippen LogP contribution in [-0.2, 0) is 0 Å². The monoisotopic (exact) mass is 687 g/mol. The van der Waals surface area contributed by atoms with Crippen LogP contribution in [0.1, 0.15) is 79.7 Å². The molecule has 2 aliphatic rings. The summed E-state index contributed by atoms with van der Waals surface area (Å²) in [6, 6.07) is 10.7. The van der Waals surface area contributed by atoms with Crippen LogP contribution in [0.2, 0.25) is 0 Å². The highest BCUT2D eigenvalue weighted by Gasteiger charge is 2.20. The summed E-state index contributed by atoms with van der Waals surface area (Å²) in [7, 11) is 0. The number of unbranched alkanes of at least 4 members (excludes halogenated alkanes) is 1. The Hall–Kier alpha value is -5.14. The minimum Gasteiger partial charge on any atom is -0.362 e. The van der Waals surface area contributed by atoms with Gasteiger partial charge in [0.25, 0.3) is 0 Å². The van der Waals surface area contributed by atoms with Crippen LogP contribution in [0.3, 0.4) is 0 Å². The summed E-state index contributed by atoms with van der Waals surface area (Å²) in [5, 5.41) is 3.30. The summed E-state index contributed by atoms with van der Waals surface area (Å²) in [6.07, 6.45) is 38.8. The Morgan fingerprint density at radius 1 is 0.865 bits per heavy atom. The molecule has 1 heteroatoms. The van der Waals surface area contributed by atoms with Gasteiger partial charge in [-0.15, -0.1) is 6.58 Å². The molecule has 0 saturated carbocycles. The van der Waals surface area contributed by atoms with Crippen LogP contribution in [0.4, 0.5) is 0 Å². The van der Waals surface area contributed by atoms with Gasteiger partial charge in [-0.3, -0.25) is 0 Å². The maximum Gasteiger partial charge on any atom is 0.0398 e. The van der Waals surface area contributed by atoms with Gasteiger partial charge in [-0.05, 0) is 129 Å². The number of benzene rings is 1. The van der Waals surface area contributed by atoms with Crippen LogP contribution < -0.4 is 5.32 Å². The van der Waals surface area contributed by atoms with E-state index in [1.54, 1.807) is 6.20 Å². The Balaban J connectivity index is 1.96. The predicted octanol–water partition coefficient (Wildman–Crippen LogP) is 14.5. The molecule has 2 unspecified atom stereocenters. The number of rotatable bonds is 15. The van der Waals surface area contributed by atoms with Gasteiger partial charge >= 0.3 is 0 Å². The summed E-state index contributed by atoms with van der Waals surface area (Å²) in [4.78, 5) is 0. The number of allylic oxidation sites excluding steroid dienone is 26. The van der Waals surface area contributed by atoms with E-state index in [1.807, 2.05) is 6.08 Å². The fourth-order valence-corrected chi connectivity index (χ4v) is 6.26. The first-order valence-corrected chi connectivity index (χ1v) is 18.6. The van der Waals surface area contributed by atoms with E-state index in [1.165, 1.54) is 55.7 Å². The summed E-state index contributed by atoms with van der Waals surface area (Å²) in [5.74, 6) is 0.432. The largest absolute Gasteiger partial charge is 0.362 e. The quantitative estimate of drug-likeness (QED) is 0.110. The molecule has 3 rings (SSSR count). The van der Waals surface area contributed by atoms with Crippen molar-refractivity contribution in [2.45, 2.75) is 74.1 Å². The summed E-state index contributed by atoms with van der Waals surface area (Å²) in [6.45, 7) is 31.8. The zero-order chi connectivity index (χ0) is 38.0. The van der Waals surface area contributed by atoms with E-state index in [0.717, 1.165) is 42.5 Å². The van der Waals surface area contributed by atoms with Crippen molar-refractivity contribution in [1.29, 1.82) is 0 Å². The Morgan fingerprint density at radius 2 is 1.58 bits per heavy atom. The average Bonchev–Trinajstić information content (AvgIpc) is 3.14. The maximum atomic E-state index is 4.54. The lowest BCUT2D eigenvalue weighted by Crippen LogP contribution is -2.08. The smallest absolute Gasteiger partial charge is 0.0398 e. The van der Waals surface area contributed by atoms with Crippen molar-refractivity contribution < 1.29 is 0 Å². The first kappa shape index (κ1) is 41.3. The van der Waals surface area contributed by atoms with Crippen molar-refractivity contribution in [3.05, 3.63) is 221 Å². The molecule has 0 spiro atoms. The molecule has 0 bridgehead atoms. The van der Waals surface area contributed by atoms with Gasteiger partial charge in [-0.2, -0.15) is 0 Å². The van der Waals surface area contributed by atoms with Crippen molar-refractivity contribution >= 4 is 5.57 Å². The van der Waals surface area contributed by atoms with Gasteiger partial charge in [-0.1, -0.05) is 165 Å². The van der Waals surface area contributed by atoms with E-state index in [0.29, 0.717) is 0 Å². The van der Waals surface area contributed by atoms with E-state index >= 15 is 0 Å². The van der Waals surface area contributed by atoms with Crippen molar-refractivity contribution in [3.8, 4) is 0 Å². The second kappa shape index (κ2) is 21.3. The molecule has 270 valence electrons. The molecular formula is C51H61N. The Labute approximate surface area is 316 Å². The van der Waals surface area contributed by atoms with Gasteiger partial charge in [0.1, 0.15) is 0 Å². The SMILES string of the molecule is C=CCCC=C1C/C(C(=C)C)=C/C=C\C=C\C=C1C1=CC=CC(/C(C)=C/C(=C\C(=C)C(C)/C=C\C(C)=C(/C)C(NC=C)=C(C)C)c2ccccc2)C1. The standard InChI is InChI=1S/C51H61N/c1-12-14-18-27-47-35-45(37(3)4)26-19-15-16-22-30-50(47)48-29-23-28-46(36-48)42(10)34-49(44-24-20-17-21-25-44)33-41(9)39(7)31-32-40(8)43(11)51(38(5)6)52-13-2/h12-13,15-17,19-34,39,46,52H,1-3,9,14,18,35-36H2,4-8,10-11H3/b19-15-,22-16+,32-31-,42-34+,43-40+,45-26-,47-27?,49-33+,50-30?. The molecule has 52 heavy (non-hydrogen) atoms. The zero-order valence-electron chi connectivity index (χ0n) is 32.9. The first-order chi connectivity index (χ1) is 25.0. The van der Waals surface area contributed by atoms with Crippen molar-refractivity contribution in [2.24, 2.45) is 11.8 Å². The van der Waals surface area contributed by atoms with Crippen molar-refractivity contribution in [3.63, 3.8) is 0 Å². The van der Waals surface area contributed by atoms with Crippen molar-refractivity contribution in [2.75, 3.05) is 0 Å². The molecule has 1 aromatic carbocycles. The summed E-state index contributed by atoms with van der Waals surface area (Å²) < 4.78 is 0. The first-order valence-electron chi connectivity index (χ1n) is 18.6. The van der Waals surface area contributed by atoms with E-state index in [9.17, 15) is 0 Å².